The summed E-state index contributed by atoms with van der Waals surface area (Å²) >= 11 is 1.38. The molecule has 1 aromatic carbocycles. The summed E-state index contributed by atoms with van der Waals surface area (Å²) in [6, 6.07) is 9.18. The standard InChI is InChI=1S/C17H20N4O3S/c1-23-14-4-2-3-13(9-14)20-16(22)11-25-17-10-15(18-12-19-17)21-5-7-24-8-6-21/h2-4,9-10,12H,5-8,11H2,1H3,(H,20,22). The van der Waals surface area contributed by atoms with E-state index in [1.165, 1.54) is 18.1 Å². The molecule has 0 aliphatic carbocycles. The van der Waals surface area contributed by atoms with Crippen LogP contribution in [-0.2, 0) is 9.53 Å². The zero-order valence-corrected chi connectivity index (χ0v) is 14.8. The van der Waals surface area contributed by atoms with E-state index in [2.05, 4.69) is 20.2 Å². The molecule has 25 heavy (non-hydrogen) atoms. The van der Waals surface area contributed by atoms with Crippen molar-refractivity contribution in [2.75, 3.05) is 49.4 Å². The van der Waals surface area contributed by atoms with E-state index in [4.69, 9.17) is 9.47 Å². The third-order valence-corrected chi connectivity index (χ3v) is 4.59. The van der Waals surface area contributed by atoms with Gasteiger partial charge in [0.15, 0.2) is 0 Å². The van der Waals surface area contributed by atoms with Crippen molar-refractivity contribution in [1.29, 1.82) is 0 Å². The van der Waals surface area contributed by atoms with Gasteiger partial charge in [-0.3, -0.25) is 4.79 Å². The lowest BCUT2D eigenvalue weighted by Gasteiger charge is -2.27. The van der Waals surface area contributed by atoms with Gasteiger partial charge >= 0.3 is 0 Å². The lowest BCUT2D eigenvalue weighted by Crippen LogP contribution is -2.36. The molecule has 1 saturated heterocycles. The molecule has 3 rings (SSSR count). The molecule has 1 aliphatic rings. The van der Waals surface area contributed by atoms with Gasteiger partial charge in [-0.05, 0) is 12.1 Å². The van der Waals surface area contributed by atoms with Gasteiger partial charge in [-0.15, -0.1) is 0 Å². The van der Waals surface area contributed by atoms with Gasteiger partial charge in [0.25, 0.3) is 0 Å². The number of aromatic nitrogens is 2. The van der Waals surface area contributed by atoms with E-state index < -0.39 is 0 Å². The predicted octanol–water partition coefficient (Wildman–Crippen LogP) is 2.05. The molecule has 1 amide bonds. The van der Waals surface area contributed by atoms with Crippen LogP contribution in [0.3, 0.4) is 0 Å². The van der Waals surface area contributed by atoms with Crippen LogP contribution in [0.25, 0.3) is 0 Å². The molecular weight excluding hydrogens is 340 g/mol. The monoisotopic (exact) mass is 360 g/mol. The second-order valence-electron chi connectivity index (χ2n) is 5.38. The van der Waals surface area contributed by atoms with Crippen LogP contribution in [0.5, 0.6) is 5.75 Å². The van der Waals surface area contributed by atoms with E-state index in [9.17, 15) is 4.79 Å². The number of anilines is 2. The fourth-order valence-corrected chi connectivity index (χ4v) is 3.07. The van der Waals surface area contributed by atoms with Gasteiger partial charge in [0.2, 0.25) is 5.91 Å². The number of amides is 1. The first kappa shape index (κ1) is 17.5. The Labute approximate surface area is 150 Å². The van der Waals surface area contributed by atoms with Gasteiger partial charge < -0.3 is 19.7 Å². The smallest absolute Gasteiger partial charge is 0.234 e. The van der Waals surface area contributed by atoms with E-state index in [-0.39, 0.29) is 11.7 Å². The Bertz CT molecular complexity index is 723. The van der Waals surface area contributed by atoms with Crippen LogP contribution in [0.1, 0.15) is 0 Å². The van der Waals surface area contributed by atoms with Crippen LogP contribution >= 0.6 is 11.8 Å². The first-order chi connectivity index (χ1) is 12.2. The quantitative estimate of drug-likeness (QED) is 0.624. The predicted molar refractivity (Wildman–Crippen MR) is 97.4 cm³/mol. The van der Waals surface area contributed by atoms with Gasteiger partial charge in [0.1, 0.15) is 22.9 Å². The average molecular weight is 360 g/mol. The second kappa shape index (κ2) is 8.68. The van der Waals surface area contributed by atoms with Crippen molar-refractivity contribution in [2.24, 2.45) is 0 Å². The Kier molecular flexibility index (Phi) is 6.08. The largest absolute Gasteiger partial charge is 0.497 e. The van der Waals surface area contributed by atoms with Gasteiger partial charge in [-0.1, -0.05) is 17.8 Å². The number of nitrogens with zero attached hydrogens (tertiary/aromatic N) is 3. The normalized spacial score (nSPS) is 14.2. The summed E-state index contributed by atoms with van der Waals surface area (Å²) in [7, 11) is 1.60. The number of morpholine rings is 1. The van der Waals surface area contributed by atoms with Crippen molar-refractivity contribution in [2.45, 2.75) is 5.03 Å². The Hall–Kier alpha value is -2.32. The highest BCUT2D eigenvalue weighted by Gasteiger charge is 2.13. The molecule has 132 valence electrons. The molecule has 0 spiro atoms. The number of nitrogens with one attached hydrogen (secondary N) is 1. The molecule has 2 aromatic rings. The van der Waals surface area contributed by atoms with Crippen LogP contribution < -0.4 is 15.0 Å². The number of carbonyl (C=O) groups excluding carboxylic acids is 1. The van der Waals surface area contributed by atoms with Crippen molar-refractivity contribution < 1.29 is 14.3 Å². The lowest BCUT2D eigenvalue weighted by atomic mass is 10.3. The van der Waals surface area contributed by atoms with Crippen molar-refractivity contribution in [3.8, 4) is 5.75 Å². The molecule has 1 N–H and O–H groups in total. The average Bonchev–Trinajstić information content (AvgIpc) is 2.67. The Balaban J connectivity index is 1.54. The third-order valence-electron chi connectivity index (χ3n) is 3.67. The molecule has 1 aliphatic heterocycles. The zero-order chi connectivity index (χ0) is 17.5. The Morgan fingerprint density at radius 1 is 1.32 bits per heavy atom. The SMILES string of the molecule is COc1cccc(NC(=O)CSc2cc(N3CCOCC3)ncn2)c1. The highest BCUT2D eigenvalue weighted by molar-refractivity contribution is 7.99. The summed E-state index contributed by atoms with van der Waals surface area (Å²) < 4.78 is 10.5. The topological polar surface area (TPSA) is 76.6 Å². The number of thioether (sulfide) groups is 1. The molecule has 1 aromatic heterocycles. The summed E-state index contributed by atoms with van der Waals surface area (Å²) in [6.07, 6.45) is 1.53. The number of hydrogen-bond acceptors (Lipinski definition) is 7. The van der Waals surface area contributed by atoms with E-state index in [1.807, 2.05) is 24.3 Å². The summed E-state index contributed by atoms with van der Waals surface area (Å²) in [5, 5.41) is 3.63. The van der Waals surface area contributed by atoms with Crippen molar-refractivity contribution >= 4 is 29.2 Å². The van der Waals surface area contributed by atoms with Gasteiger partial charge in [0.05, 0.1) is 26.1 Å². The van der Waals surface area contributed by atoms with Gasteiger partial charge in [0, 0.05) is 30.9 Å². The Morgan fingerprint density at radius 2 is 2.16 bits per heavy atom. The highest BCUT2D eigenvalue weighted by atomic mass is 32.2. The van der Waals surface area contributed by atoms with Crippen molar-refractivity contribution in [3.05, 3.63) is 36.7 Å². The fourth-order valence-electron chi connectivity index (χ4n) is 2.41. The molecule has 8 heteroatoms. The molecular formula is C17H20N4O3S. The van der Waals surface area contributed by atoms with E-state index in [0.29, 0.717) is 24.7 Å². The summed E-state index contributed by atoms with van der Waals surface area (Å²) in [5.41, 5.74) is 0.710. The molecule has 7 nitrogen and oxygen atoms in total. The first-order valence-corrected chi connectivity index (χ1v) is 8.94. The molecule has 1 fully saturated rings. The Morgan fingerprint density at radius 3 is 2.96 bits per heavy atom. The van der Waals surface area contributed by atoms with E-state index >= 15 is 0 Å². The van der Waals surface area contributed by atoms with E-state index in [1.54, 1.807) is 13.2 Å². The van der Waals surface area contributed by atoms with Crippen molar-refractivity contribution in [3.63, 3.8) is 0 Å². The second-order valence-corrected chi connectivity index (χ2v) is 6.38. The minimum atomic E-state index is -0.0928. The van der Waals surface area contributed by atoms with Crippen LogP contribution in [0.15, 0.2) is 41.7 Å². The highest BCUT2D eigenvalue weighted by Crippen LogP contribution is 2.21. The number of hydrogen-bond donors (Lipinski definition) is 1. The summed E-state index contributed by atoms with van der Waals surface area (Å²) in [5.74, 6) is 1.76. The zero-order valence-electron chi connectivity index (χ0n) is 14.0. The number of benzene rings is 1. The lowest BCUT2D eigenvalue weighted by molar-refractivity contribution is -0.113. The molecule has 0 bridgehead atoms. The first-order valence-electron chi connectivity index (χ1n) is 7.96. The summed E-state index contributed by atoms with van der Waals surface area (Å²) in [6.45, 7) is 3.04. The maximum atomic E-state index is 12.1. The number of methoxy groups -OCH3 is 1. The molecule has 0 atom stereocenters. The maximum absolute atomic E-state index is 12.1. The molecule has 0 radical (unpaired) electrons. The van der Waals surface area contributed by atoms with E-state index in [0.717, 1.165) is 23.9 Å². The third kappa shape index (κ3) is 5.07. The fraction of sp³-hybridized carbons (Fsp3) is 0.353. The van der Waals surface area contributed by atoms with Crippen LogP contribution in [-0.4, -0.2) is 55.0 Å². The van der Waals surface area contributed by atoms with Crippen LogP contribution in [0, 0.1) is 0 Å². The van der Waals surface area contributed by atoms with Gasteiger partial charge in [-0.2, -0.15) is 0 Å². The number of carbonyl (C=O) groups is 1. The molecule has 2 heterocycles. The molecule has 0 saturated carbocycles. The minimum Gasteiger partial charge on any atom is -0.497 e. The summed E-state index contributed by atoms with van der Waals surface area (Å²) in [4.78, 5) is 22.8. The van der Waals surface area contributed by atoms with Crippen molar-refractivity contribution in [1.82, 2.24) is 9.97 Å². The van der Waals surface area contributed by atoms with Gasteiger partial charge in [-0.25, -0.2) is 9.97 Å². The van der Waals surface area contributed by atoms with Crippen LogP contribution in [0.2, 0.25) is 0 Å². The maximum Gasteiger partial charge on any atom is 0.234 e. The number of ether oxygens (including phenoxy) is 2. The number of rotatable bonds is 6. The molecule has 0 unspecified atom stereocenters. The minimum absolute atomic E-state index is 0.0928. The van der Waals surface area contributed by atoms with Crippen LogP contribution in [0.4, 0.5) is 11.5 Å².